The molecule has 7 heteroatoms. The van der Waals surface area contributed by atoms with E-state index in [1.54, 1.807) is 0 Å². The third kappa shape index (κ3) is 7.99. The molecule has 1 fully saturated rings. The summed E-state index contributed by atoms with van der Waals surface area (Å²) in [4.78, 5) is 10.4. The van der Waals surface area contributed by atoms with Crippen molar-refractivity contribution < 1.29 is 29.2 Å². The Bertz CT molecular complexity index is 244. The zero-order valence-electron chi connectivity index (χ0n) is 11.0. The second kappa shape index (κ2) is 9.96. The second-order valence-corrected chi connectivity index (χ2v) is 4.51. The van der Waals surface area contributed by atoms with Crippen LogP contribution in [0.3, 0.4) is 0 Å². The summed E-state index contributed by atoms with van der Waals surface area (Å²) in [7, 11) is 0. The van der Waals surface area contributed by atoms with Crippen LogP contribution in [0.5, 0.6) is 0 Å². The van der Waals surface area contributed by atoms with Crippen LogP contribution < -0.4 is 5.32 Å². The van der Waals surface area contributed by atoms with Gasteiger partial charge in [0.2, 0.25) is 0 Å². The first-order valence-electron chi connectivity index (χ1n) is 6.56. The molecule has 1 aliphatic carbocycles. The summed E-state index contributed by atoms with van der Waals surface area (Å²) < 4.78 is 15.7. The van der Waals surface area contributed by atoms with Crippen molar-refractivity contribution in [2.24, 2.45) is 5.92 Å². The molecule has 0 spiro atoms. The van der Waals surface area contributed by atoms with Crippen LogP contribution in [0.2, 0.25) is 0 Å². The third-order valence-corrected chi connectivity index (χ3v) is 2.90. The summed E-state index contributed by atoms with van der Waals surface area (Å²) in [6.45, 7) is 3.06. The number of carboxylic acid groups (broad SMARTS) is 1. The molecule has 0 bridgehead atoms. The zero-order valence-corrected chi connectivity index (χ0v) is 11.0. The highest BCUT2D eigenvalue weighted by Gasteiger charge is 2.30. The van der Waals surface area contributed by atoms with Crippen molar-refractivity contribution in [2.75, 3.05) is 46.2 Å². The molecule has 0 saturated heterocycles. The maximum atomic E-state index is 10.4. The van der Waals surface area contributed by atoms with Crippen molar-refractivity contribution in [1.29, 1.82) is 0 Å². The SMILES string of the molecule is O=C(O)NC1CC(COCCOCCOCCO)C1. The molecule has 0 heterocycles. The van der Waals surface area contributed by atoms with Gasteiger partial charge in [0.1, 0.15) is 0 Å². The average molecular weight is 277 g/mol. The normalized spacial score (nSPS) is 21.9. The van der Waals surface area contributed by atoms with E-state index in [9.17, 15) is 4.79 Å². The molecule has 112 valence electrons. The predicted octanol–water partition coefficient (Wildman–Crippen LogP) is 0.0747. The Morgan fingerprint density at radius 3 is 2.21 bits per heavy atom. The Hall–Kier alpha value is -0.890. The lowest BCUT2D eigenvalue weighted by atomic mass is 9.81. The minimum absolute atomic E-state index is 0.0300. The topological polar surface area (TPSA) is 97.3 Å². The van der Waals surface area contributed by atoms with Gasteiger partial charge in [0.25, 0.3) is 0 Å². The third-order valence-electron chi connectivity index (χ3n) is 2.90. The summed E-state index contributed by atoms with van der Waals surface area (Å²) >= 11 is 0. The van der Waals surface area contributed by atoms with E-state index in [4.69, 9.17) is 24.4 Å². The van der Waals surface area contributed by atoms with Gasteiger partial charge in [-0.15, -0.1) is 0 Å². The standard InChI is InChI=1S/C12H23NO6/c14-1-2-17-3-4-18-5-6-19-9-10-7-11(8-10)13-12(15)16/h10-11,13-14H,1-9H2,(H,15,16). The predicted molar refractivity (Wildman–Crippen MR) is 67.2 cm³/mol. The van der Waals surface area contributed by atoms with Crippen LogP contribution in [0, 0.1) is 5.92 Å². The maximum absolute atomic E-state index is 10.4. The van der Waals surface area contributed by atoms with Crippen molar-refractivity contribution in [2.45, 2.75) is 18.9 Å². The number of hydrogen-bond donors (Lipinski definition) is 3. The monoisotopic (exact) mass is 277 g/mol. The molecule has 7 nitrogen and oxygen atoms in total. The number of carbonyl (C=O) groups is 1. The van der Waals surface area contributed by atoms with Gasteiger partial charge in [-0.2, -0.15) is 0 Å². The number of aliphatic hydroxyl groups excluding tert-OH is 1. The van der Waals surface area contributed by atoms with Crippen molar-refractivity contribution in [3.05, 3.63) is 0 Å². The van der Waals surface area contributed by atoms with Crippen LogP contribution in [0.25, 0.3) is 0 Å². The van der Waals surface area contributed by atoms with E-state index < -0.39 is 6.09 Å². The van der Waals surface area contributed by atoms with Gasteiger partial charge in [-0.05, 0) is 18.8 Å². The Labute approximate surface area is 112 Å². The van der Waals surface area contributed by atoms with E-state index in [0.29, 0.717) is 45.6 Å². The second-order valence-electron chi connectivity index (χ2n) is 4.51. The van der Waals surface area contributed by atoms with E-state index in [2.05, 4.69) is 5.32 Å². The highest BCUT2D eigenvalue weighted by atomic mass is 16.5. The van der Waals surface area contributed by atoms with Crippen molar-refractivity contribution in [3.8, 4) is 0 Å². The Morgan fingerprint density at radius 2 is 1.63 bits per heavy atom. The number of aliphatic hydroxyl groups is 1. The van der Waals surface area contributed by atoms with Crippen LogP contribution in [-0.2, 0) is 14.2 Å². The highest BCUT2D eigenvalue weighted by Crippen LogP contribution is 2.27. The summed E-state index contributed by atoms with van der Waals surface area (Å²) in [5.74, 6) is 0.449. The number of nitrogens with one attached hydrogen (secondary N) is 1. The van der Waals surface area contributed by atoms with E-state index >= 15 is 0 Å². The molecule has 0 aromatic heterocycles. The van der Waals surface area contributed by atoms with Gasteiger partial charge in [-0.1, -0.05) is 0 Å². The largest absolute Gasteiger partial charge is 0.465 e. The molecule has 1 rings (SSSR count). The van der Waals surface area contributed by atoms with Gasteiger partial charge < -0.3 is 29.7 Å². The van der Waals surface area contributed by atoms with Gasteiger partial charge in [0.05, 0.1) is 39.6 Å². The first kappa shape index (κ1) is 16.2. The van der Waals surface area contributed by atoms with Crippen LogP contribution in [-0.4, -0.2) is 68.6 Å². The molecule has 0 aromatic carbocycles. The van der Waals surface area contributed by atoms with Crippen LogP contribution in [0.15, 0.2) is 0 Å². The fourth-order valence-corrected chi connectivity index (χ4v) is 1.92. The number of amides is 1. The van der Waals surface area contributed by atoms with Crippen molar-refractivity contribution >= 4 is 6.09 Å². The number of ether oxygens (including phenoxy) is 3. The molecule has 0 radical (unpaired) electrons. The molecule has 1 saturated carbocycles. The Balaban J connectivity index is 1.76. The van der Waals surface area contributed by atoms with Gasteiger partial charge >= 0.3 is 6.09 Å². The molecule has 19 heavy (non-hydrogen) atoms. The Morgan fingerprint density at radius 1 is 1.05 bits per heavy atom. The van der Waals surface area contributed by atoms with Crippen molar-refractivity contribution in [1.82, 2.24) is 5.32 Å². The highest BCUT2D eigenvalue weighted by molar-refractivity contribution is 5.64. The van der Waals surface area contributed by atoms with Crippen LogP contribution >= 0.6 is 0 Å². The molecule has 3 N–H and O–H groups in total. The molecule has 0 unspecified atom stereocenters. The first-order valence-corrected chi connectivity index (χ1v) is 6.56. The van der Waals surface area contributed by atoms with E-state index in [1.807, 2.05) is 0 Å². The smallest absolute Gasteiger partial charge is 0.404 e. The quantitative estimate of drug-likeness (QED) is 0.463. The number of hydrogen-bond acceptors (Lipinski definition) is 5. The number of rotatable bonds is 11. The van der Waals surface area contributed by atoms with Crippen molar-refractivity contribution in [3.63, 3.8) is 0 Å². The van der Waals surface area contributed by atoms with Gasteiger partial charge in [0.15, 0.2) is 0 Å². The molecule has 1 amide bonds. The lowest BCUT2D eigenvalue weighted by Crippen LogP contribution is -2.45. The van der Waals surface area contributed by atoms with E-state index in [1.165, 1.54) is 0 Å². The minimum atomic E-state index is -0.957. The van der Waals surface area contributed by atoms with Crippen LogP contribution in [0.1, 0.15) is 12.8 Å². The molecule has 0 aromatic rings. The zero-order chi connectivity index (χ0) is 13.9. The Kier molecular flexibility index (Phi) is 8.48. The molecular formula is C12H23NO6. The van der Waals surface area contributed by atoms with Crippen LogP contribution in [0.4, 0.5) is 4.79 Å². The molecular weight excluding hydrogens is 254 g/mol. The van der Waals surface area contributed by atoms with Gasteiger partial charge in [-0.3, -0.25) is 0 Å². The molecule has 0 atom stereocenters. The molecule has 1 aliphatic rings. The van der Waals surface area contributed by atoms with E-state index in [0.717, 1.165) is 12.8 Å². The first-order chi connectivity index (χ1) is 9.22. The van der Waals surface area contributed by atoms with E-state index in [-0.39, 0.29) is 12.6 Å². The van der Waals surface area contributed by atoms with Gasteiger partial charge in [0, 0.05) is 12.6 Å². The molecule has 0 aliphatic heterocycles. The lowest BCUT2D eigenvalue weighted by Gasteiger charge is -2.34. The summed E-state index contributed by atoms with van der Waals surface area (Å²) in [6, 6.07) is 0.0889. The summed E-state index contributed by atoms with van der Waals surface area (Å²) in [5, 5.41) is 19.4. The lowest BCUT2D eigenvalue weighted by molar-refractivity contribution is -0.00713. The maximum Gasteiger partial charge on any atom is 0.404 e. The average Bonchev–Trinajstić information content (AvgIpc) is 2.32. The van der Waals surface area contributed by atoms with Gasteiger partial charge in [-0.25, -0.2) is 4.79 Å². The minimum Gasteiger partial charge on any atom is -0.465 e. The fourth-order valence-electron chi connectivity index (χ4n) is 1.92. The fraction of sp³-hybridized carbons (Fsp3) is 0.917. The summed E-state index contributed by atoms with van der Waals surface area (Å²) in [5.41, 5.74) is 0. The summed E-state index contributed by atoms with van der Waals surface area (Å²) in [6.07, 6.45) is 0.741.